The Balaban J connectivity index is -0.00000000800. The zero-order valence-corrected chi connectivity index (χ0v) is 6.83. The molecule has 0 heterocycles. The highest BCUT2D eigenvalue weighted by atomic mass is 19.0. The molecule has 0 atom stereocenters. The molecule has 0 aliphatic heterocycles. The first kappa shape index (κ1) is 53.3. The SMILES string of the molecule is C[N+](C)(C)C.O.O.O.O.[F-]. The summed E-state index contributed by atoms with van der Waals surface area (Å²) in [5, 5.41) is 0. The lowest BCUT2D eigenvalue weighted by Gasteiger charge is -2.14. The molecule has 0 fully saturated rings. The van der Waals surface area contributed by atoms with E-state index in [0.717, 1.165) is 4.48 Å². The van der Waals surface area contributed by atoms with E-state index in [1.54, 1.807) is 0 Å². The predicted molar refractivity (Wildman–Crippen MR) is 38.4 cm³/mol. The van der Waals surface area contributed by atoms with Crippen molar-refractivity contribution in [3.8, 4) is 0 Å². The van der Waals surface area contributed by atoms with Gasteiger partial charge in [0.05, 0.1) is 28.2 Å². The molecule has 0 spiro atoms. The Hall–Kier alpha value is -0.270. The highest BCUT2D eigenvalue weighted by molar-refractivity contribution is 3.87. The molecule has 0 unspecified atom stereocenters. The Morgan fingerprint density at radius 3 is 0.600 bits per heavy atom. The normalized spacial score (nSPS) is 6.00. The van der Waals surface area contributed by atoms with Crippen LogP contribution in [0.3, 0.4) is 0 Å². The lowest BCUT2D eigenvalue weighted by molar-refractivity contribution is -0.849. The molecule has 0 radical (unpaired) electrons. The van der Waals surface area contributed by atoms with Gasteiger partial charge in [-0.15, -0.1) is 0 Å². The van der Waals surface area contributed by atoms with Gasteiger partial charge in [-0.25, -0.2) is 0 Å². The summed E-state index contributed by atoms with van der Waals surface area (Å²) in [6.45, 7) is 0. The zero-order chi connectivity index (χ0) is 4.50. The standard InChI is InChI=1S/C4H12N.FH.4H2O/c1-5(2,3)4;;;;;/h1-4H3;1H;4*1H2/q+1;;;;;/p-1. The van der Waals surface area contributed by atoms with Gasteiger partial charge in [-0.3, -0.25) is 0 Å². The van der Waals surface area contributed by atoms with Crippen molar-refractivity contribution in [2.75, 3.05) is 28.2 Å². The van der Waals surface area contributed by atoms with Gasteiger partial charge in [0.1, 0.15) is 0 Å². The topological polar surface area (TPSA) is 126 Å². The minimum Gasteiger partial charge on any atom is -1.00 e. The van der Waals surface area contributed by atoms with E-state index >= 15 is 0 Å². The van der Waals surface area contributed by atoms with Gasteiger partial charge in [0, 0.05) is 0 Å². The van der Waals surface area contributed by atoms with Crippen LogP contribution in [0.1, 0.15) is 0 Å². The van der Waals surface area contributed by atoms with Crippen LogP contribution < -0.4 is 4.70 Å². The Morgan fingerprint density at radius 2 is 0.600 bits per heavy atom. The fraction of sp³-hybridized carbons (Fsp3) is 1.00. The molecule has 72 valence electrons. The number of halogens is 1. The first-order valence-electron chi connectivity index (χ1n) is 1.79. The molecule has 0 amide bonds. The Morgan fingerprint density at radius 1 is 0.600 bits per heavy atom. The third-order valence-electron chi connectivity index (χ3n) is 0. The summed E-state index contributed by atoms with van der Waals surface area (Å²) in [6, 6.07) is 0. The maximum Gasteiger partial charge on any atom is 0.0675 e. The lowest BCUT2D eigenvalue weighted by atomic mass is 10.8. The van der Waals surface area contributed by atoms with Gasteiger partial charge in [-0.05, 0) is 0 Å². The van der Waals surface area contributed by atoms with E-state index < -0.39 is 0 Å². The molecule has 10 heavy (non-hydrogen) atoms. The van der Waals surface area contributed by atoms with Crippen LogP contribution in [0.2, 0.25) is 0 Å². The van der Waals surface area contributed by atoms with Gasteiger partial charge in [0.15, 0.2) is 0 Å². The van der Waals surface area contributed by atoms with Crippen LogP contribution in [0.4, 0.5) is 0 Å². The van der Waals surface area contributed by atoms with E-state index in [1.165, 1.54) is 0 Å². The lowest BCUT2D eigenvalue weighted by Crippen LogP contribution is -3.00. The van der Waals surface area contributed by atoms with Crippen LogP contribution in [-0.4, -0.2) is 54.6 Å². The van der Waals surface area contributed by atoms with E-state index in [9.17, 15) is 0 Å². The van der Waals surface area contributed by atoms with Crippen LogP contribution in [0.25, 0.3) is 0 Å². The van der Waals surface area contributed by atoms with Crippen molar-refractivity contribution in [1.29, 1.82) is 0 Å². The molecule has 0 aromatic carbocycles. The second-order valence-electron chi connectivity index (χ2n) is 2.68. The fourth-order valence-corrected chi connectivity index (χ4v) is 0. The third kappa shape index (κ3) is 4800. The maximum atomic E-state index is 2.12. The minimum atomic E-state index is 0. The van der Waals surface area contributed by atoms with Crippen molar-refractivity contribution in [3.05, 3.63) is 0 Å². The number of rotatable bonds is 0. The first-order chi connectivity index (χ1) is 2.00. The summed E-state index contributed by atoms with van der Waals surface area (Å²) in [7, 11) is 8.50. The van der Waals surface area contributed by atoms with Gasteiger partial charge in [0.25, 0.3) is 0 Å². The van der Waals surface area contributed by atoms with Crippen LogP contribution in [0, 0.1) is 0 Å². The molecule has 0 aromatic rings. The van der Waals surface area contributed by atoms with E-state index in [4.69, 9.17) is 0 Å². The highest BCUT2D eigenvalue weighted by Gasteiger charge is 1.88. The van der Waals surface area contributed by atoms with Crippen LogP contribution in [-0.2, 0) is 0 Å². The molecule has 8 N–H and O–H groups in total. The van der Waals surface area contributed by atoms with E-state index in [2.05, 4.69) is 28.2 Å². The molecule has 0 aliphatic rings. The van der Waals surface area contributed by atoms with Crippen molar-refractivity contribution >= 4 is 0 Å². The highest BCUT2D eigenvalue weighted by Crippen LogP contribution is 1.73. The van der Waals surface area contributed by atoms with Crippen molar-refractivity contribution in [2.45, 2.75) is 0 Å². The van der Waals surface area contributed by atoms with Gasteiger partial charge in [0.2, 0.25) is 0 Å². The summed E-state index contributed by atoms with van der Waals surface area (Å²) in [6.07, 6.45) is 0. The summed E-state index contributed by atoms with van der Waals surface area (Å²) in [5.41, 5.74) is 0. The molecular formula is C4H20FNO4. The molecule has 6 heteroatoms. The average molecular weight is 165 g/mol. The van der Waals surface area contributed by atoms with E-state index in [0.29, 0.717) is 0 Å². The number of hydrogen-bond acceptors (Lipinski definition) is 0. The second-order valence-corrected chi connectivity index (χ2v) is 2.68. The minimum absolute atomic E-state index is 0. The summed E-state index contributed by atoms with van der Waals surface area (Å²) >= 11 is 0. The quantitative estimate of drug-likeness (QED) is 0.317. The summed E-state index contributed by atoms with van der Waals surface area (Å²) in [5.74, 6) is 0. The molecule has 0 saturated carbocycles. The first-order valence-corrected chi connectivity index (χ1v) is 1.79. The van der Waals surface area contributed by atoms with Crippen molar-refractivity contribution in [3.63, 3.8) is 0 Å². The smallest absolute Gasteiger partial charge is 0.0675 e. The van der Waals surface area contributed by atoms with Crippen LogP contribution >= 0.6 is 0 Å². The van der Waals surface area contributed by atoms with Gasteiger partial charge in [-0.1, -0.05) is 0 Å². The van der Waals surface area contributed by atoms with Crippen molar-refractivity contribution in [1.82, 2.24) is 0 Å². The van der Waals surface area contributed by atoms with Gasteiger partial charge >= 0.3 is 0 Å². The average Bonchev–Trinajstić information content (AvgIpc) is 0.722. The Kier molecular flexibility index (Phi) is 84.7. The zero-order valence-electron chi connectivity index (χ0n) is 6.83. The molecule has 5 nitrogen and oxygen atoms in total. The van der Waals surface area contributed by atoms with E-state index in [1.807, 2.05) is 0 Å². The van der Waals surface area contributed by atoms with Crippen molar-refractivity contribution in [2.24, 2.45) is 0 Å². The predicted octanol–water partition coefficient (Wildman–Crippen LogP) is -5.97. The number of nitrogens with zero attached hydrogens (tertiary/aromatic N) is 1. The Bertz CT molecular complexity index is 32.7. The van der Waals surface area contributed by atoms with E-state index in [-0.39, 0.29) is 26.6 Å². The molecule has 0 saturated heterocycles. The Labute approximate surface area is 60.5 Å². The monoisotopic (exact) mass is 165 g/mol. The van der Waals surface area contributed by atoms with Crippen LogP contribution in [0.5, 0.6) is 0 Å². The molecule has 0 bridgehead atoms. The number of hydrogen-bond donors (Lipinski definition) is 0. The molecule has 0 aliphatic carbocycles. The van der Waals surface area contributed by atoms with Crippen LogP contribution in [0.15, 0.2) is 0 Å². The molecular weight excluding hydrogens is 145 g/mol. The summed E-state index contributed by atoms with van der Waals surface area (Å²) in [4.78, 5) is 0. The maximum absolute atomic E-state index is 2.12. The third-order valence-corrected chi connectivity index (χ3v) is 0. The van der Waals surface area contributed by atoms with Gasteiger partial charge in [-0.2, -0.15) is 0 Å². The molecule has 0 rings (SSSR count). The van der Waals surface area contributed by atoms with Gasteiger partial charge < -0.3 is 31.1 Å². The molecule has 0 aromatic heterocycles. The summed E-state index contributed by atoms with van der Waals surface area (Å²) < 4.78 is 1.00. The largest absolute Gasteiger partial charge is 1.00 e. The number of quaternary nitrogens is 1. The van der Waals surface area contributed by atoms with Crippen molar-refractivity contribution < 1.29 is 31.1 Å². The fourth-order valence-electron chi connectivity index (χ4n) is 0. The second kappa shape index (κ2) is 15.9.